The predicted octanol–water partition coefficient (Wildman–Crippen LogP) is 3.47. The summed E-state index contributed by atoms with van der Waals surface area (Å²) in [6.07, 6.45) is 0. The first-order valence-corrected chi connectivity index (χ1v) is 8.92. The van der Waals surface area contributed by atoms with Gasteiger partial charge in [0.15, 0.2) is 0 Å². The number of aromatic amines is 1. The molecule has 2 aromatic heterocycles. The topological polar surface area (TPSA) is 74.8 Å². The van der Waals surface area contributed by atoms with Crippen molar-refractivity contribution in [2.24, 2.45) is 0 Å². The Bertz CT molecular complexity index is 879. The second-order valence-electron chi connectivity index (χ2n) is 6.05. The maximum atomic E-state index is 12.5. The fourth-order valence-electron chi connectivity index (χ4n) is 2.52. The van der Waals surface area contributed by atoms with E-state index in [1.807, 2.05) is 29.6 Å². The van der Waals surface area contributed by atoms with Crippen molar-refractivity contribution in [1.82, 2.24) is 15.5 Å². The summed E-state index contributed by atoms with van der Waals surface area (Å²) in [4.78, 5) is 24.7. The van der Waals surface area contributed by atoms with Crippen LogP contribution in [-0.4, -0.2) is 16.1 Å². The summed E-state index contributed by atoms with van der Waals surface area (Å²) < 4.78 is 0. The molecule has 128 valence electrons. The predicted molar refractivity (Wildman–Crippen MR) is 99.0 cm³/mol. The molecule has 0 aliphatic rings. The van der Waals surface area contributed by atoms with Crippen LogP contribution in [0.15, 0.2) is 58.7 Å². The van der Waals surface area contributed by atoms with Crippen molar-refractivity contribution in [2.45, 2.75) is 25.8 Å². The number of hydrogen-bond donors (Lipinski definition) is 2. The van der Waals surface area contributed by atoms with Gasteiger partial charge in [0, 0.05) is 10.9 Å². The summed E-state index contributed by atoms with van der Waals surface area (Å²) in [5, 5.41) is 11.1. The lowest BCUT2D eigenvalue weighted by atomic mass is 9.98. The maximum Gasteiger partial charge on any atom is 0.272 e. The van der Waals surface area contributed by atoms with Crippen molar-refractivity contribution < 1.29 is 4.79 Å². The molecule has 0 aliphatic carbocycles. The standard InChI is InChI=1S/C19H19N3O2S/c1-12(2)13-5-7-14(8-6-13)18(16-4-3-11-25-16)20-19(24)15-9-10-17(23)22-21-15/h3-12,18H,1-2H3,(H,20,24)(H,22,23). The molecule has 0 aliphatic heterocycles. The minimum atomic E-state index is -0.337. The van der Waals surface area contributed by atoms with Crippen LogP contribution in [0.1, 0.15) is 52.3 Å². The molecular formula is C19H19N3O2S. The van der Waals surface area contributed by atoms with Gasteiger partial charge in [-0.1, -0.05) is 44.2 Å². The lowest BCUT2D eigenvalue weighted by molar-refractivity contribution is 0.0937. The van der Waals surface area contributed by atoms with Crippen molar-refractivity contribution >= 4 is 17.2 Å². The quantitative estimate of drug-likeness (QED) is 0.737. The summed E-state index contributed by atoms with van der Waals surface area (Å²) in [7, 11) is 0. The van der Waals surface area contributed by atoms with Crippen LogP contribution < -0.4 is 10.9 Å². The van der Waals surface area contributed by atoms with Crippen molar-refractivity contribution in [3.8, 4) is 0 Å². The second kappa shape index (κ2) is 7.44. The minimum absolute atomic E-state index is 0.181. The van der Waals surface area contributed by atoms with E-state index in [1.54, 1.807) is 11.3 Å². The molecule has 5 nitrogen and oxygen atoms in total. The normalized spacial score (nSPS) is 12.1. The lowest BCUT2D eigenvalue weighted by Crippen LogP contribution is -2.30. The van der Waals surface area contributed by atoms with Gasteiger partial charge in [-0.15, -0.1) is 11.3 Å². The number of thiophene rings is 1. The molecule has 0 radical (unpaired) electrons. The number of rotatable bonds is 5. The SMILES string of the molecule is CC(C)c1ccc(C(NC(=O)c2ccc(=O)[nH]n2)c2cccs2)cc1. The molecular weight excluding hydrogens is 334 g/mol. The fraction of sp³-hybridized carbons (Fsp3) is 0.211. The van der Waals surface area contributed by atoms with Crippen LogP contribution >= 0.6 is 11.3 Å². The summed E-state index contributed by atoms with van der Waals surface area (Å²) in [5.74, 6) is 0.122. The van der Waals surface area contributed by atoms with Crippen LogP contribution in [0.3, 0.4) is 0 Å². The van der Waals surface area contributed by atoms with E-state index in [2.05, 4.69) is 41.5 Å². The van der Waals surface area contributed by atoms with Crippen LogP contribution in [0, 0.1) is 0 Å². The highest BCUT2D eigenvalue weighted by molar-refractivity contribution is 7.10. The van der Waals surface area contributed by atoms with E-state index in [1.165, 1.54) is 17.7 Å². The second-order valence-corrected chi connectivity index (χ2v) is 7.03. The average Bonchev–Trinajstić information content (AvgIpc) is 3.14. The largest absolute Gasteiger partial charge is 0.339 e. The van der Waals surface area contributed by atoms with Gasteiger partial charge in [0.05, 0.1) is 6.04 Å². The minimum Gasteiger partial charge on any atom is -0.339 e. The Balaban J connectivity index is 1.89. The van der Waals surface area contributed by atoms with Gasteiger partial charge in [0.2, 0.25) is 0 Å². The van der Waals surface area contributed by atoms with E-state index in [-0.39, 0.29) is 23.2 Å². The highest BCUT2D eigenvalue weighted by atomic mass is 32.1. The number of carbonyl (C=O) groups excluding carboxylic acids is 1. The van der Waals surface area contributed by atoms with Gasteiger partial charge in [0.1, 0.15) is 5.69 Å². The molecule has 1 aromatic carbocycles. The van der Waals surface area contributed by atoms with Crippen LogP contribution in [0.5, 0.6) is 0 Å². The van der Waals surface area contributed by atoms with Crippen molar-refractivity contribution in [3.63, 3.8) is 0 Å². The summed E-state index contributed by atoms with van der Waals surface area (Å²) >= 11 is 1.58. The Hall–Kier alpha value is -2.73. The third-order valence-corrected chi connectivity index (χ3v) is 4.89. The molecule has 3 aromatic rings. The molecule has 0 fully saturated rings. The molecule has 0 bridgehead atoms. The molecule has 6 heteroatoms. The smallest absolute Gasteiger partial charge is 0.272 e. The Morgan fingerprint density at radius 3 is 2.36 bits per heavy atom. The fourth-order valence-corrected chi connectivity index (χ4v) is 3.33. The third kappa shape index (κ3) is 4.03. The van der Waals surface area contributed by atoms with Crippen LogP contribution in [0.2, 0.25) is 0 Å². The molecule has 2 N–H and O–H groups in total. The number of benzene rings is 1. The summed E-state index contributed by atoms with van der Waals surface area (Å²) in [6, 6.07) is 14.7. The first-order valence-electron chi connectivity index (χ1n) is 8.04. The van der Waals surface area contributed by atoms with Crippen LogP contribution in [-0.2, 0) is 0 Å². The van der Waals surface area contributed by atoms with Gasteiger partial charge in [0.25, 0.3) is 11.5 Å². The monoisotopic (exact) mass is 353 g/mol. The number of H-pyrrole nitrogens is 1. The molecule has 1 atom stereocenters. The maximum absolute atomic E-state index is 12.5. The van der Waals surface area contributed by atoms with Gasteiger partial charge < -0.3 is 5.32 Å². The van der Waals surface area contributed by atoms with E-state index in [0.29, 0.717) is 5.92 Å². The Morgan fingerprint density at radius 1 is 1.08 bits per heavy atom. The number of nitrogens with zero attached hydrogens (tertiary/aromatic N) is 1. The lowest BCUT2D eigenvalue weighted by Gasteiger charge is -2.18. The van der Waals surface area contributed by atoms with E-state index in [9.17, 15) is 9.59 Å². The summed E-state index contributed by atoms with van der Waals surface area (Å²) in [5.41, 5.74) is 2.10. The van der Waals surface area contributed by atoms with E-state index in [0.717, 1.165) is 10.4 Å². The van der Waals surface area contributed by atoms with Crippen molar-refractivity contribution in [3.05, 3.63) is 86.0 Å². The zero-order chi connectivity index (χ0) is 17.8. The van der Waals surface area contributed by atoms with E-state index in [4.69, 9.17) is 0 Å². The molecule has 0 saturated carbocycles. The molecule has 0 saturated heterocycles. The molecule has 2 heterocycles. The number of amides is 1. The third-order valence-electron chi connectivity index (χ3n) is 3.95. The Labute approximate surface area is 149 Å². The van der Waals surface area contributed by atoms with E-state index >= 15 is 0 Å². The number of hydrogen-bond acceptors (Lipinski definition) is 4. The molecule has 3 rings (SSSR count). The number of carbonyl (C=O) groups is 1. The first kappa shape index (κ1) is 17.1. The van der Waals surface area contributed by atoms with Crippen LogP contribution in [0.25, 0.3) is 0 Å². The van der Waals surface area contributed by atoms with Gasteiger partial charge in [-0.05, 0) is 34.6 Å². The Kier molecular flexibility index (Phi) is 5.09. The first-order chi connectivity index (χ1) is 12.0. The van der Waals surface area contributed by atoms with Gasteiger partial charge in [-0.2, -0.15) is 5.10 Å². The number of nitrogens with one attached hydrogen (secondary N) is 2. The van der Waals surface area contributed by atoms with Crippen molar-refractivity contribution in [1.29, 1.82) is 0 Å². The van der Waals surface area contributed by atoms with Gasteiger partial charge >= 0.3 is 0 Å². The highest BCUT2D eigenvalue weighted by Gasteiger charge is 2.19. The molecule has 0 spiro atoms. The highest BCUT2D eigenvalue weighted by Crippen LogP contribution is 2.27. The zero-order valence-electron chi connectivity index (χ0n) is 14.0. The molecule has 1 unspecified atom stereocenters. The Morgan fingerprint density at radius 2 is 1.80 bits per heavy atom. The average molecular weight is 353 g/mol. The van der Waals surface area contributed by atoms with Gasteiger partial charge in [-0.25, -0.2) is 5.10 Å². The van der Waals surface area contributed by atoms with Gasteiger partial charge in [-0.3, -0.25) is 9.59 Å². The van der Waals surface area contributed by atoms with E-state index < -0.39 is 0 Å². The molecule has 25 heavy (non-hydrogen) atoms. The summed E-state index contributed by atoms with van der Waals surface area (Å²) in [6.45, 7) is 4.30. The van der Waals surface area contributed by atoms with Crippen molar-refractivity contribution in [2.75, 3.05) is 0 Å². The zero-order valence-corrected chi connectivity index (χ0v) is 14.8. The molecule has 1 amide bonds. The number of aromatic nitrogens is 2. The van der Waals surface area contributed by atoms with Crippen LogP contribution in [0.4, 0.5) is 0 Å².